The van der Waals surface area contributed by atoms with Crippen LogP contribution in [0.15, 0.2) is 61.2 Å². The smallest absolute Gasteiger partial charge is 0.309 e. The zero-order valence-corrected chi connectivity index (χ0v) is 21.4. The molecule has 0 spiro atoms. The molecule has 0 saturated carbocycles. The van der Waals surface area contributed by atoms with Crippen molar-refractivity contribution in [2.45, 2.75) is 61.9 Å². The Balaban J connectivity index is 1.13. The summed E-state index contributed by atoms with van der Waals surface area (Å²) in [5.41, 5.74) is -0.160. The number of halogens is 2. The molecule has 1 aliphatic carbocycles. The second-order valence-electron chi connectivity index (χ2n) is 10.3. The zero-order valence-electron chi connectivity index (χ0n) is 21.4. The van der Waals surface area contributed by atoms with Gasteiger partial charge in [-0.2, -0.15) is 8.78 Å². The molecule has 2 aromatic carbocycles. The van der Waals surface area contributed by atoms with Crippen LogP contribution in [0.5, 0.6) is 5.75 Å². The molecule has 6 atom stereocenters. The van der Waals surface area contributed by atoms with Crippen molar-refractivity contribution < 1.29 is 38.7 Å². The highest BCUT2D eigenvalue weighted by Gasteiger charge is 2.64. The van der Waals surface area contributed by atoms with E-state index in [1.165, 1.54) is 29.4 Å². The third kappa shape index (κ3) is 4.14. The maximum atomic E-state index is 15.0. The first-order valence-corrected chi connectivity index (χ1v) is 12.9. The minimum atomic E-state index is -3.75. The summed E-state index contributed by atoms with van der Waals surface area (Å²) in [6, 6.07) is 12.6. The number of aryl methyl sites for hydroxylation is 2. The fourth-order valence-corrected chi connectivity index (χ4v) is 5.56. The quantitative estimate of drug-likeness (QED) is 0.271. The first-order chi connectivity index (χ1) is 19.1. The van der Waals surface area contributed by atoms with Gasteiger partial charge in [0.15, 0.2) is 17.5 Å². The van der Waals surface area contributed by atoms with Gasteiger partial charge in [-0.25, -0.2) is 15.0 Å². The van der Waals surface area contributed by atoms with E-state index in [0.29, 0.717) is 28.2 Å². The second-order valence-corrected chi connectivity index (χ2v) is 10.3. The number of aliphatic hydroxyl groups is 4. The number of ether oxygens (including phenoxy) is 2. The average molecular weight is 555 g/mol. The van der Waals surface area contributed by atoms with Gasteiger partial charge in [0.05, 0.1) is 12.0 Å². The lowest BCUT2D eigenvalue weighted by atomic mass is 9.86. The minimum Gasteiger partial charge on any atom is -0.491 e. The van der Waals surface area contributed by atoms with Crippen LogP contribution in [0, 0.1) is 6.92 Å². The highest BCUT2D eigenvalue weighted by Crippen LogP contribution is 2.56. The van der Waals surface area contributed by atoms with E-state index in [9.17, 15) is 29.2 Å². The van der Waals surface area contributed by atoms with Crippen molar-refractivity contribution in [1.29, 1.82) is 0 Å². The lowest BCUT2D eigenvalue weighted by Gasteiger charge is -2.32. The summed E-state index contributed by atoms with van der Waals surface area (Å²) in [5.74, 6) is -3.35. The normalized spacial score (nSPS) is 29.1. The summed E-state index contributed by atoms with van der Waals surface area (Å²) < 4.78 is 43.2. The van der Waals surface area contributed by atoms with Gasteiger partial charge in [0.2, 0.25) is 0 Å². The number of aliphatic hydroxyl groups excluding tert-OH is 3. The van der Waals surface area contributed by atoms with Gasteiger partial charge in [-0.3, -0.25) is 4.57 Å². The summed E-state index contributed by atoms with van der Waals surface area (Å²) >= 11 is 0. The van der Waals surface area contributed by atoms with Crippen LogP contribution >= 0.6 is 0 Å². The molecular weight excluding hydrogens is 526 g/mol. The number of rotatable bonds is 7. The molecule has 4 aromatic rings. The molecule has 210 valence electrons. The SMILES string of the molecule is Cc1ncnc2c1ncn2[C@@H]1O[C@H](COc2cccc(CC[C@@]3(O)c4ccccc4[C@H](O)C3(F)F)c2)[C@@H](O)[C@H]1O. The van der Waals surface area contributed by atoms with E-state index < -0.39 is 42.2 Å². The van der Waals surface area contributed by atoms with Crippen molar-refractivity contribution in [3.05, 3.63) is 83.6 Å². The van der Waals surface area contributed by atoms with E-state index in [0.717, 1.165) is 0 Å². The Bertz CT molecular complexity index is 1550. The van der Waals surface area contributed by atoms with Crippen LogP contribution in [0.4, 0.5) is 8.78 Å². The van der Waals surface area contributed by atoms with Gasteiger partial charge in [0.25, 0.3) is 0 Å². The number of hydrogen-bond acceptors (Lipinski definition) is 9. The first kappa shape index (κ1) is 26.7. The Morgan fingerprint density at radius 2 is 1.82 bits per heavy atom. The number of imidazole rings is 1. The largest absolute Gasteiger partial charge is 0.491 e. The second kappa shape index (κ2) is 9.82. The molecule has 10 nitrogen and oxygen atoms in total. The molecule has 0 unspecified atom stereocenters. The first-order valence-electron chi connectivity index (χ1n) is 12.9. The Morgan fingerprint density at radius 1 is 1.02 bits per heavy atom. The Morgan fingerprint density at radius 3 is 2.65 bits per heavy atom. The van der Waals surface area contributed by atoms with E-state index >= 15 is 0 Å². The standard InChI is InChI=1S/C28H28F2N4O6/c1-15-21-25(32-13-31-15)34(14-33-21)26-23(36)22(35)20(40-26)12-39-17-6-4-5-16(11-17)9-10-27(38)19-8-3-2-7-18(19)24(37)28(27,29)30/h2-8,11,13-14,20,22-24,26,35-38H,9-10,12H2,1H3/t20-,22-,23-,24+,26-,27-/m1/s1. The van der Waals surface area contributed by atoms with E-state index in [2.05, 4.69) is 15.0 Å². The van der Waals surface area contributed by atoms with Crippen LogP contribution in [-0.2, 0) is 16.8 Å². The Hall–Kier alpha value is -3.55. The molecule has 12 heteroatoms. The predicted molar refractivity (Wildman–Crippen MR) is 136 cm³/mol. The number of nitrogens with zero attached hydrogens (tertiary/aromatic N) is 4. The number of hydrogen-bond donors (Lipinski definition) is 4. The fourth-order valence-electron chi connectivity index (χ4n) is 5.56. The Kier molecular flexibility index (Phi) is 6.55. The van der Waals surface area contributed by atoms with E-state index in [1.807, 2.05) is 0 Å². The maximum Gasteiger partial charge on any atom is 0.309 e. The number of fused-ring (bicyclic) bond motifs is 2. The van der Waals surface area contributed by atoms with Crippen molar-refractivity contribution in [3.8, 4) is 5.75 Å². The van der Waals surface area contributed by atoms with E-state index in [-0.39, 0.29) is 30.6 Å². The lowest BCUT2D eigenvalue weighted by Crippen LogP contribution is -2.44. The lowest BCUT2D eigenvalue weighted by molar-refractivity contribution is -0.226. The van der Waals surface area contributed by atoms with Crippen LogP contribution < -0.4 is 4.74 Å². The van der Waals surface area contributed by atoms with Gasteiger partial charge in [-0.05, 0) is 48.6 Å². The molecule has 4 N–H and O–H groups in total. The van der Waals surface area contributed by atoms with Crippen LogP contribution in [0.1, 0.15) is 41.1 Å². The van der Waals surface area contributed by atoms with Gasteiger partial charge < -0.3 is 29.9 Å². The third-order valence-electron chi connectivity index (χ3n) is 7.84. The molecule has 1 aliphatic heterocycles. The highest BCUT2D eigenvalue weighted by atomic mass is 19.3. The molecule has 2 aliphatic rings. The molecule has 6 rings (SSSR count). The van der Waals surface area contributed by atoms with Gasteiger partial charge >= 0.3 is 5.92 Å². The monoisotopic (exact) mass is 554 g/mol. The van der Waals surface area contributed by atoms with Crippen molar-refractivity contribution in [3.63, 3.8) is 0 Å². The topological polar surface area (TPSA) is 143 Å². The molecular formula is C28H28F2N4O6. The Labute approximate surface area is 227 Å². The van der Waals surface area contributed by atoms with Crippen LogP contribution in [-0.4, -0.2) is 70.8 Å². The molecule has 1 fully saturated rings. The van der Waals surface area contributed by atoms with Gasteiger partial charge in [-0.15, -0.1) is 0 Å². The molecule has 0 bridgehead atoms. The fraction of sp³-hybridized carbons (Fsp3) is 0.393. The summed E-state index contributed by atoms with van der Waals surface area (Å²) in [5, 5.41) is 42.5. The van der Waals surface area contributed by atoms with Crippen molar-refractivity contribution in [2.75, 3.05) is 6.61 Å². The molecule has 3 heterocycles. The number of benzene rings is 2. The van der Waals surface area contributed by atoms with Gasteiger partial charge in [0.1, 0.15) is 48.6 Å². The zero-order chi connectivity index (χ0) is 28.2. The van der Waals surface area contributed by atoms with Crippen molar-refractivity contribution in [2.24, 2.45) is 0 Å². The van der Waals surface area contributed by atoms with E-state index in [4.69, 9.17) is 9.47 Å². The van der Waals surface area contributed by atoms with Crippen molar-refractivity contribution >= 4 is 11.2 Å². The van der Waals surface area contributed by atoms with Crippen LogP contribution in [0.25, 0.3) is 11.2 Å². The summed E-state index contributed by atoms with van der Waals surface area (Å²) in [6.45, 7) is 1.69. The molecule has 0 radical (unpaired) electrons. The van der Waals surface area contributed by atoms with Crippen LogP contribution in [0.2, 0.25) is 0 Å². The number of aromatic nitrogens is 4. The molecule has 2 aromatic heterocycles. The predicted octanol–water partition coefficient (Wildman–Crippen LogP) is 2.34. The van der Waals surface area contributed by atoms with Crippen molar-refractivity contribution in [1.82, 2.24) is 19.5 Å². The number of alkyl halides is 2. The third-order valence-corrected chi connectivity index (χ3v) is 7.84. The van der Waals surface area contributed by atoms with Crippen LogP contribution in [0.3, 0.4) is 0 Å². The molecule has 1 saturated heterocycles. The van der Waals surface area contributed by atoms with Gasteiger partial charge in [-0.1, -0.05) is 36.4 Å². The summed E-state index contributed by atoms with van der Waals surface area (Å²) in [7, 11) is 0. The molecule has 40 heavy (non-hydrogen) atoms. The van der Waals surface area contributed by atoms with E-state index in [1.54, 1.807) is 43.3 Å². The highest BCUT2D eigenvalue weighted by molar-refractivity contribution is 5.72. The summed E-state index contributed by atoms with van der Waals surface area (Å²) in [4.78, 5) is 12.6. The molecule has 0 amide bonds. The van der Waals surface area contributed by atoms with Gasteiger partial charge in [0, 0.05) is 0 Å². The summed E-state index contributed by atoms with van der Waals surface area (Å²) in [6.07, 6.45) is -3.80. The average Bonchev–Trinajstić information content (AvgIpc) is 3.55. The maximum absolute atomic E-state index is 15.0. The minimum absolute atomic E-state index is 0.0210.